The molecule has 0 saturated heterocycles. The molecule has 1 rings (SSSR count). The second kappa shape index (κ2) is 5.93. The highest BCUT2D eigenvalue weighted by atomic mass is 35.5. The van der Waals surface area contributed by atoms with Crippen molar-refractivity contribution in [3.63, 3.8) is 0 Å². The van der Waals surface area contributed by atoms with Crippen LogP contribution in [-0.2, 0) is 10.2 Å². The van der Waals surface area contributed by atoms with E-state index in [-0.39, 0.29) is 17.9 Å². The fraction of sp³-hybridized carbons (Fsp3) is 0.533. The molecule has 1 amide bonds. The first-order valence-corrected chi connectivity index (χ1v) is 6.73. The number of carbonyl (C=O) groups excluding carboxylic acids is 1. The molecular weight excluding hydrogens is 262 g/mol. The van der Waals surface area contributed by atoms with Crippen molar-refractivity contribution in [1.82, 2.24) is 5.32 Å². The molecule has 0 aromatic heterocycles. The fourth-order valence-corrected chi connectivity index (χ4v) is 1.91. The summed E-state index contributed by atoms with van der Waals surface area (Å²) in [6.07, 6.45) is 0.366. The van der Waals surface area contributed by atoms with Crippen molar-refractivity contribution in [3.8, 4) is 0 Å². The van der Waals surface area contributed by atoms with E-state index >= 15 is 0 Å². The van der Waals surface area contributed by atoms with Gasteiger partial charge in [0, 0.05) is 18.0 Å². The zero-order chi connectivity index (χ0) is 14.7. The Bertz CT molecular complexity index is 432. The minimum atomic E-state index is -0.889. The number of nitrogens with one attached hydrogen (secondary N) is 1. The first kappa shape index (κ1) is 16.0. The standard InChI is InChI=1S/C15H22ClNO2/c1-14(2,11-5-7-12(16)8-6-11)9-13(18)17-10-15(3,4)19/h5-8,19H,9-10H2,1-4H3,(H,17,18). The quantitative estimate of drug-likeness (QED) is 0.873. The number of halogens is 1. The smallest absolute Gasteiger partial charge is 0.220 e. The van der Waals surface area contributed by atoms with Crippen molar-refractivity contribution in [2.75, 3.05) is 6.54 Å². The lowest BCUT2D eigenvalue weighted by molar-refractivity contribution is -0.123. The predicted molar refractivity (Wildman–Crippen MR) is 78.4 cm³/mol. The van der Waals surface area contributed by atoms with Gasteiger partial charge in [0.05, 0.1) is 5.60 Å². The monoisotopic (exact) mass is 283 g/mol. The van der Waals surface area contributed by atoms with E-state index in [1.165, 1.54) is 0 Å². The molecule has 1 aromatic carbocycles. The highest BCUT2D eigenvalue weighted by Crippen LogP contribution is 2.27. The first-order chi connectivity index (χ1) is 8.60. The third-order valence-electron chi connectivity index (χ3n) is 2.95. The average molecular weight is 284 g/mol. The molecule has 106 valence electrons. The Morgan fingerprint density at radius 3 is 2.21 bits per heavy atom. The Morgan fingerprint density at radius 2 is 1.74 bits per heavy atom. The van der Waals surface area contributed by atoms with Gasteiger partial charge in [-0.05, 0) is 37.0 Å². The van der Waals surface area contributed by atoms with Gasteiger partial charge in [-0.25, -0.2) is 0 Å². The summed E-state index contributed by atoms with van der Waals surface area (Å²) in [6, 6.07) is 7.53. The topological polar surface area (TPSA) is 49.3 Å². The molecule has 0 saturated carbocycles. The van der Waals surface area contributed by atoms with Gasteiger partial charge in [0.25, 0.3) is 0 Å². The van der Waals surface area contributed by atoms with Crippen LogP contribution in [0.1, 0.15) is 39.7 Å². The molecule has 0 atom stereocenters. The highest BCUT2D eigenvalue weighted by Gasteiger charge is 2.25. The van der Waals surface area contributed by atoms with Gasteiger partial charge in [0.15, 0.2) is 0 Å². The Morgan fingerprint density at radius 1 is 1.21 bits per heavy atom. The molecule has 0 aliphatic rings. The zero-order valence-electron chi connectivity index (χ0n) is 12.0. The van der Waals surface area contributed by atoms with Gasteiger partial charge in [-0.2, -0.15) is 0 Å². The van der Waals surface area contributed by atoms with E-state index in [2.05, 4.69) is 5.32 Å². The number of hydrogen-bond donors (Lipinski definition) is 2. The van der Waals surface area contributed by atoms with Gasteiger partial charge < -0.3 is 10.4 Å². The van der Waals surface area contributed by atoms with Crippen molar-refractivity contribution in [3.05, 3.63) is 34.9 Å². The summed E-state index contributed by atoms with van der Waals surface area (Å²) in [5, 5.41) is 13.0. The predicted octanol–water partition coefficient (Wildman–Crippen LogP) is 2.89. The fourth-order valence-electron chi connectivity index (χ4n) is 1.78. The zero-order valence-corrected chi connectivity index (χ0v) is 12.7. The Kier molecular flexibility index (Phi) is 4.99. The molecule has 1 aromatic rings. The molecule has 0 aliphatic heterocycles. The van der Waals surface area contributed by atoms with Crippen LogP contribution in [0, 0.1) is 0 Å². The number of aliphatic hydroxyl groups is 1. The Balaban J connectivity index is 2.64. The van der Waals surface area contributed by atoms with Crippen molar-refractivity contribution < 1.29 is 9.90 Å². The molecule has 0 aliphatic carbocycles. The molecule has 4 heteroatoms. The van der Waals surface area contributed by atoms with Crippen molar-refractivity contribution in [2.45, 2.75) is 45.1 Å². The molecule has 0 radical (unpaired) electrons. The first-order valence-electron chi connectivity index (χ1n) is 6.35. The van der Waals surface area contributed by atoms with Crippen LogP contribution in [0.3, 0.4) is 0 Å². The molecular formula is C15H22ClNO2. The van der Waals surface area contributed by atoms with Crippen LogP contribution in [0.4, 0.5) is 0 Å². The Hall–Kier alpha value is -1.06. The van der Waals surface area contributed by atoms with Crippen LogP contribution >= 0.6 is 11.6 Å². The molecule has 0 bridgehead atoms. The van der Waals surface area contributed by atoms with E-state index in [0.717, 1.165) is 5.56 Å². The maximum atomic E-state index is 11.9. The molecule has 19 heavy (non-hydrogen) atoms. The summed E-state index contributed by atoms with van der Waals surface area (Å²) in [5.74, 6) is -0.0675. The lowest BCUT2D eigenvalue weighted by Crippen LogP contribution is -2.40. The van der Waals surface area contributed by atoms with E-state index in [1.807, 2.05) is 38.1 Å². The van der Waals surface area contributed by atoms with Gasteiger partial charge in [0.1, 0.15) is 0 Å². The van der Waals surface area contributed by atoms with Crippen LogP contribution in [0.25, 0.3) is 0 Å². The van der Waals surface area contributed by atoms with Gasteiger partial charge in [-0.3, -0.25) is 4.79 Å². The van der Waals surface area contributed by atoms with Crippen molar-refractivity contribution >= 4 is 17.5 Å². The highest BCUT2D eigenvalue weighted by molar-refractivity contribution is 6.30. The minimum Gasteiger partial charge on any atom is -0.389 e. The second-order valence-electron chi connectivity index (χ2n) is 6.16. The molecule has 0 fully saturated rings. The van der Waals surface area contributed by atoms with E-state index in [4.69, 9.17) is 11.6 Å². The lowest BCUT2D eigenvalue weighted by Gasteiger charge is -2.26. The SMILES string of the molecule is CC(C)(O)CNC(=O)CC(C)(C)c1ccc(Cl)cc1. The van der Waals surface area contributed by atoms with Crippen molar-refractivity contribution in [1.29, 1.82) is 0 Å². The van der Waals surface area contributed by atoms with Crippen LogP contribution in [0.2, 0.25) is 5.02 Å². The molecule has 0 unspecified atom stereocenters. The number of carbonyl (C=O) groups is 1. The molecule has 0 heterocycles. The van der Waals surface area contributed by atoms with Gasteiger partial charge in [-0.1, -0.05) is 37.6 Å². The molecule has 3 nitrogen and oxygen atoms in total. The third kappa shape index (κ3) is 5.62. The lowest BCUT2D eigenvalue weighted by atomic mass is 9.81. The summed E-state index contributed by atoms with van der Waals surface area (Å²) in [4.78, 5) is 11.9. The summed E-state index contributed by atoms with van der Waals surface area (Å²) in [6.45, 7) is 7.61. The maximum Gasteiger partial charge on any atom is 0.220 e. The van der Waals surface area contributed by atoms with Gasteiger partial charge >= 0.3 is 0 Å². The summed E-state index contributed by atoms with van der Waals surface area (Å²) in [5.41, 5.74) is -0.0933. The summed E-state index contributed by atoms with van der Waals surface area (Å²) < 4.78 is 0. The molecule has 2 N–H and O–H groups in total. The summed E-state index contributed by atoms with van der Waals surface area (Å²) in [7, 11) is 0. The number of amides is 1. The van der Waals surface area contributed by atoms with Crippen LogP contribution in [-0.4, -0.2) is 23.2 Å². The van der Waals surface area contributed by atoms with E-state index in [0.29, 0.717) is 11.4 Å². The third-order valence-corrected chi connectivity index (χ3v) is 3.20. The number of hydrogen-bond acceptors (Lipinski definition) is 2. The Labute approximate surface area is 120 Å². The van der Waals surface area contributed by atoms with E-state index in [9.17, 15) is 9.90 Å². The van der Waals surface area contributed by atoms with Crippen LogP contribution in [0.5, 0.6) is 0 Å². The van der Waals surface area contributed by atoms with Crippen molar-refractivity contribution in [2.24, 2.45) is 0 Å². The van der Waals surface area contributed by atoms with Gasteiger partial charge in [0.2, 0.25) is 5.91 Å². The minimum absolute atomic E-state index is 0.0675. The second-order valence-corrected chi connectivity index (χ2v) is 6.59. The summed E-state index contributed by atoms with van der Waals surface area (Å²) >= 11 is 5.86. The largest absolute Gasteiger partial charge is 0.389 e. The normalized spacial score (nSPS) is 12.3. The maximum absolute atomic E-state index is 11.9. The number of benzene rings is 1. The van der Waals surface area contributed by atoms with Crippen LogP contribution < -0.4 is 5.32 Å². The van der Waals surface area contributed by atoms with Crippen LogP contribution in [0.15, 0.2) is 24.3 Å². The van der Waals surface area contributed by atoms with Gasteiger partial charge in [-0.15, -0.1) is 0 Å². The average Bonchev–Trinajstić information content (AvgIpc) is 2.25. The van der Waals surface area contributed by atoms with E-state index in [1.54, 1.807) is 13.8 Å². The number of rotatable bonds is 5. The van der Waals surface area contributed by atoms with E-state index < -0.39 is 5.60 Å². The molecule has 0 spiro atoms.